The fourth-order valence-corrected chi connectivity index (χ4v) is 1.71. The van der Waals surface area contributed by atoms with Crippen molar-refractivity contribution in [3.63, 3.8) is 0 Å². The molecule has 0 bridgehead atoms. The molecule has 0 N–H and O–H groups in total. The normalized spacial score (nSPS) is 26.4. The van der Waals surface area contributed by atoms with E-state index in [9.17, 15) is 0 Å². The van der Waals surface area contributed by atoms with Crippen LogP contribution in [-0.4, -0.2) is 20.0 Å². The molecule has 2 rings (SSSR count). The first-order valence-corrected chi connectivity index (χ1v) is 4.78. The Morgan fingerprint density at radius 2 is 2.07 bits per heavy atom. The molecule has 14 heavy (non-hydrogen) atoms. The summed E-state index contributed by atoms with van der Waals surface area (Å²) in [5.74, 6) is 0.218. The van der Waals surface area contributed by atoms with Gasteiger partial charge in [0, 0.05) is 7.11 Å². The highest BCUT2D eigenvalue weighted by Crippen LogP contribution is 2.26. The third-order valence-corrected chi connectivity index (χ3v) is 2.41. The van der Waals surface area contributed by atoms with Gasteiger partial charge in [-0.1, -0.05) is 42.5 Å². The van der Waals surface area contributed by atoms with Crippen LogP contribution in [0.3, 0.4) is 0 Å². The summed E-state index contributed by atoms with van der Waals surface area (Å²) in [6.07, 6.45) is 4.03. The van der Waals surface area contributed by atoms with Gasteiger partial charge < -0.3 is 9.47 Å². The van der Waals surface area contributed by atoms with Gasteiger partial charge in [-0.05, 0) is 5.56 Å². The predicted molar refractivity (Wildman–Crippen MR) is 55.1 cm³/mol. The Labute approximate surface area is 84.2 Å². The second-order valence-electron chi connectivity index (χ2n) is 3.30. The van der Waals surface area contributed by atoms with E-state index in [1.54, 1.807) is 7.11 Å². The van der Waals surface area contributed by atoms with E-state index in [4.69, 9.17) is 9.47 Å². The summed E-state index contributed by atoms with van der Waals surface area (Å²) < 4.78 is 10.8. The maximum atomic E-state index is 5.49. The molecule has 0 fully saturated rings. The molecule has 0 aromatic heterocycles. The van der Waals surface area contributed by atoms with Crippen molar-refractivity contribution in [2.24, 2.45) is 0 Å². The Balaban J connectivity index is 2.23. The number of benzene rings is 1. The summed E-state index contributed by atoms with van der Waals surface area (Å²) in [5.41, 5.74) is 1.23. The zero-order valence-electron chi connectivity index (χ0n) is 8.22. The molecule has 1 aliphatic rings. The average Bonchev–Trinajstić information content (AvgIpc) is 2.30. The standard InChI is InChI=1S/C12H14O2/c1-13-12-11(8-5-9-14-12)10-6-3-2-4-7-10/h2-8,11-12H,9H2,1H3/t11-,12-/m0/s1. The lowest BCUT2D eigenvalue weighted by atomic mass is 9.97. The van der Waals surface area contributed by atoms with Gasteiger partial charge in [-0.15, -0.1) is 0 Å². The first kappa shape index (κ1) is 9.44. The maximum Gasteiger partial charge on any atom is 0.167 e. The number of ether oxygens (including phenoxy) is 2. The van der Waals surface area contributed by atoms with Gasteiger partial charge in [0.05, 0.1) is 12.5 Å². The van der Waals surface area contributed by atoms with Crippen LogP contribution in [0.2, 0.25) is 0 Å². The molecule has 0 amide bonds. The summed E-state index contributed by atoms with van der Waals surface area (Å²) >= 11 is 0. The van der Waals surface area contributed by atoms with Crippen LogP contribution in [0.1, 0.15) is 11.5 Å². The minimum atomic E-state index is -0.151. The summed E-state index contributed by atoms with van der Waals surface area (Å²) in [6.45, 7) is 0.641. The van der Waals surface area contributed by atoms with Crippen LogP contribution in [0.15, 0.2) is 42.5 Å². The quantitative estimate of drug-likeness (QED) is 0.666. The second-order valence-corrected chi connectivity index (χ2v) is 3.30. The molecule has 0 aliphatic carbocycles. The van der Waals surface area contributed by atoms with Gasteiger partial charge in [-0.2, -0.15) is 0 Å². The van der Waals surface area contributed by atoms with Crippen LogP contribution in [0, 0.1) is 0 Å². The third-order valence-electron chi connectivity index (χ3n) is 2.41. The molecule has 0 radical (unpaired) electrons. The van der Waals surface area contributed by atoms with Gasteiger partial charge in [-0.25, -0.2) is 0 Å². The highest BCUT2D eigenvalue weighted by Gasteiger charge is 2.23. The fraction of sp³-hybridized carbons (Fsp3) is 0.333. The molecule has 1 aromatic rings. The van der Waals surface area contributed by atoms with Crippen LogP contribution < -0.4 is 0 Å². The third kappa shape index (κ3) is 1.86. The summed E-state index contributed by atoms with van der Waals surface area (Å²) in [7, 11) is 1.68. The highest BCUT2D eigenvalue weighted by molar-refractivity contribution is 5.25. The molecule has 0 saturated heterocycles. The van der Waals surface area contributed by atoms with Crippen molar-refractivity contribution in [1.82, 2.24) is 0 Å². The van der Waals surface area contributed by atoms with Gasteiger partial charge in [0.1, 0.15) is 0 Å². The number of methoxy groups -OCH3 is 1. The summed E-state index contributed by atoms with van der Waals surface area (Å²) in [4.78, 5) is 0. The van der Waals surface area contributed by atoms with E-state index in [2.05, 4.69) is 18.2 Å². The average molecular weight is 190 g/mol. The van der Waals surface area contributed by atoms with Crippen LogP contribution in [0.5, 0.6) is 0 Å². The van der Waals surface area contributed by atoms with Crippen molar-refractivity contribution in [2.75, 3.05) is 13.7 Å². The molecule has 0 spiro atoms. The molecule has 1 heterocycles. The molecule has 1 aliphatic heterocycles. The van der Waals surface area contributed by atoms with Crippen molar-refractivity contribution in [1.29, 1.82) is 0 Å². The van der Waals surface area contributed by atoms with Crippen LogP contribution >= 0.6 is 0 Å². The number of hydrogen-bond acceptors (Lipinski definition) is 2. The van der Waals surface area contributed by atoms with Gasteiger partial charge in [0.2, 0.25) is 0 Å². The van der Waals surface area contributed by atoms with E-state index in [1.807, 2.05) is 24.3 Å². The van der Waals surface area contributed by atoms with E-state index in [-0.39, 0.29) is 12.2 Å². The fourth-order valence-electron chi connectivity index (χ4n) is 1.71. The minimum Gasteiger partial charge on any atom is -0.355 e. The Bertz CT molecular complexity index is 305. The molecule has 1 aromatic carbocycles. The lowest BCUT2D eigenvalue weighted by Crippen LogP contribution is -2.26. The Kier molecular flexibility index (Phi) is 2.96. The first-order valence-electron chi connectivity index (χ1n) is 4.78. The molecule has 2 heteroatoms. The molecular weight excluding hydrogens is 176 g/mol. The van der Waals surface area contributed by atoms with Crippen LogP contribution in [0.25, 0.3) is 0 Å². The van der Waals surface area contributed by atoms with E-state index in [0.717, 1.165) is 0 Å². The van der Waals surface area contributed by atoms with E-state index in [0.29, 0.717) is 6.61 Å². The maximum absolute atomic E-state index is 5.49. The Morgan fingerprint density at radius 1 is 1.29 bits per heavy atom. The Morgan fingerprint density at radius 3 is 2.79 bits per heavy atom. The zero-order chi connectivity index (χ0) is 9.80. The smallest absolute Gasteiger partial charge is 0.167 e. The van der Waals surface area contributed by atoms with Crippen molar-refractivity contribution >= 4 is 0 Å². The van der Waals surface area contributed by atoms with Gasteiger partial charge >= 0.3 is 0 Å². The largest absolute Gasteiger partial charge is 0.355 e. The topological polar surface area (TPSA) is 18.5 Å². The lowest BCUT2D eigenvalue weighted by Gasteiger charge is -2.26. The van der Waals surface area contributed by atoms with Crippen molar-refractivity contribution in [3.05, 3.63) is 48.0 Å². The molecule has 74 valence electrons. The van der Waals surface area contributed by atoms with Gasteiger partial charge in [0.15, 0.2) is 6.29 Å². The molecule has 2 nitrogen and oxygen atoms in total. The lowest BCUT2D eigenvalue weighted by molar-refractivity contribution is -0.127. The van der Waals surface area contributed by atoms with Gasteiger partial charge in [0.25, 0.3) is 0 Å². The van der Waals surface area contributed by atoms with E-state index < -0.39 is 0 Å². The van der Waals surface area contributed by atoms with Gasteiger partial charge in [-0.3, -0.25) is 0 Å². The van der Waals surface area contributed by atoms with Crippen LogP contribution in [-0.2, 0) is 9.47 Å². The number of rotatable bonds is 2. The second kappa shape index (κ2) is 4.40. The summed E-state index contributed by atoms with van der Waals surface area (Å²) in [5, 5.41) is 0. The van der Waals surface area contributed by atoms with Crippen LogP contribution in [0.4, 0.5) is 0 Å². The predicted octanol–water partition coefficient (Wildman–Crippen LogP) is 2.33. The van der Waals surface area contributed by atoms with Crippen molar-refractivity contribution in [3.8, 4) is 0 Å². The van der Waals surface area contributed by atoms with E-state index in [1.165, 1.54) is 5.56 Å². The highest BCUT2D eigenvalue weighted by atomic mass is 16.7. The SMILES string of the molecule is CO[C@H]1OCC=C[C@H]1c1ccccc1. The Hall–Kier alpha value is -1.12. The minimum absolute atomic E-state index is 0.151. The zero-order valence-corrected chi connectivity index (χ0v) is 8.22. The molecule has 0 unspecified atom stereocenters. The monoisotopic (exact) mass is 190 g/mol. The van der Waals surface area contributed by atoms with E-state index >= 15 is 0 Å². The molecular formula is C12H14O2. The number of hydrogen-bond donors (Lipinski definition) is 0. The molecule has 0 saturated carbocycles. The first-order chi connectivity index (χ1) is 6.92. The summed E-state index contributed by atoms with van der Waals surface area (Å²) in [6, 6.07) is 10.3. The van der Waals surface area contributed by atoms with Crippen molar-refractivity contribution in [2.45, 2.75) is 12.2 Å². The molecule has 2 atom stereocenters. The van der Waals surface area contributed by atoms with Crippen molar-refractivity contribution < 1.29 is 9.47 Å².